The standard InChI is InChI=1S/C40H32N2O5S2/c1-40(46-35-25-48-37-18-10-8-16-30(35)37,47-36-26-49-38-19-11-9-17-31(36)38)42(39(44)28-14-6-3-7-15-28)23-33(43)29-20-21-34(32(41)22-29)45-24-27-12-4-2-5-13-27/h2-22,25-26H,23-24,41H2,1H3. The first-order valence-electron chi connectivity index (χ1n) is 15.6. The summed E-state index contributed by atoms with van der Waals surface area (Å²) < 4.78 is 21.4. The minimum Gasteiger partial charge on any atom is -0.487 e. The van der Waals surface area contributed by atoms with E-state index in [0.717, 1.165) is 25.7 Å². The van der Waals surface area contributed by atoms with Gasteiger partial charge in [0.05, 0.1) is 12.2 Å². The van der Waals surface area contributed by atoms with Crippen LogP contribution < -0.4 is 19.9 Å². The van der Waals surface area contributed by atoms with Crippen molar-refractivity contribution < 1.29 is 23.8 Å². The summed E-state index contributed by atoms with van der Waals surface area (Å²) in [6.07, 6.45) is 0. The average Bonchev–Trinajstić information content (AvgIpc) is 3.74. The van der Waals surface area contributed by atoms with E-state index in [4.69, 9.17) is 19.9 Å². The quantitative estimate of drug-likeness (QED) is 0.0784. The first-order valence-corrected chi connectivity index (χ1v) is 17.4. The maximum atomic E-state index is 14.5. The molecule has 1 amide bonds. The van der Waals surface area contributed by atoms with Gasteiger partial charge in [-0.05, 0) is 60.2 Å². The molecule has 0 aliphatic heterocycles. The molecule has 0 atom stereocenters. The number of hydrogen-bond donors (Lipinski definition) is 1. The molecule has 0 unspecified atom stereocenters. The molecule has 9 heteroatoms. The summed E-state index contributed by atoms with van der Waals surface area (Å²) in [5.74, 6) is -1.03. The van der Waals surface area contributed by atoms with E-state index in [0.29, 0.717) is 40.7 Å². The number of ketones is 1. The van der Waals surface area contributed by atoms with Gasteiger partial charge in [0.1, 0.15) is 23.9 Å². The number of thiophene rings is 2. The molecule has 49 heavy (non-hydrogen) atoms. The second-order valence-corrected chi connectivity index (χ2v) is 13.3. The topological polar surface area (TPSA) is 91.1 Å². The lowest BCUT2D eigenvalue weighted by Gasteiger charge is -2.40. The zero-order valence-corrected chi connectivity index (χ0v) is 28.2. The molecule has 7 rings (SSSR count). The van der Waals surface area contributed by atoms with E-state index in [1.54, 1.807) is 49.4 Å². The number of benzene rings is 5. The fourth-order valence-electron chi connectivity index (χ4n) is 5.56. The summed E-state index contributed by atoms with van der Waals surface area (Å²) >= 11 is 3.05. The number of carbonyl (C=O) groups excluding carboxylic acids is 2. The third-order valence-electron chi connectivity index (χ3n) is 8.12. The summed E-state index contributed by atoms with van der Waals surface area (Å²) in [7, 11) is 0. The van der Waals surface area contributed by atoms with Gasteiger partial charge in [0.15, 0.2) is 5.78 Å². The number of fused-ring (bicyclic) bond motifs is 2. The fraction of sp³-hybridized carbons (Fsp3) is 0.100. The van der Waals surface area contributed by atoms with Gasteiger partial charge < -0.3 is 19.9 Å². The molecule has 0 fully saturated rings. The highest BCUT2D eigenvalue weighted by Gasteiger charge is 2.43. The lowest BCUT2D eigenvalue weighted by atomic mass is 10.1. The number of carbonyl (C=O) groups is 2. The van der Waals surface area contributed by atoms with Crippen molar-refractivity contribution in [3.05, 3.63) is 155 Å². The van der Waals surface area contributed by atoms with Crippen LogP contribution in [0.1, 0.15) is 33.2 Å². The number of anilines is 1. The number of Topliss-reactive ketones (excluding diaryl/α,β-unsaturated/α-hetero) is 1. The minimum atomic E-state index is -1.76. The zero-order chi connectivity index (χ0) is 33.8. The van der Waals surface area contributed by atoms with Crippen LogP contribution in [0.2, 0.25) is 0 Å². The highest BCUT2D eigenvalue weighted by Crippen LogP contribution is 2.39. The molecule has 244 valence electrons. The van der Waals surface area contributed by atoms with Gasteiger partial charge in [0.2, 0.25) is 0 Å². The van der Waals surface area contributed by atoms with Crippen molar-refractivity contribution in [1.29, 1.82) is 0 Å². The van der Waals surface area contributed by atoms with Gasteiger partial charge in [-0.1, -0.05) is 72.8 Å². The smallest absolute Gasteiger partial charge is 0.338 e. The van der Waals surface area contributed by atoms with E-state index in [-0.39, 0.29) is 12.3 Å². The molecule has 0 saturated carbocycles. The summed E-state index contributed by atoms with van der Waals surface area (Å²) in [5, 5.41) is 5.52. The van der Waals surface area contributed by atoms with Crippen molar-refractivity contribution in [2.24, 2.45) is 0 Å². The Morgan fingerprint density at radius 2 is 1.22 bits per heavy atom. The van der Waals surface area contributed by atoms with Crippen LogP contribution in [0.25, 0.3) is 20.2 Å². The Labute approximate surface area is 291 Å². The molecule has 0 radical (unpaired) electrons. The van der Waals surface area contributed by atoms with Crippen molar-refractivity contribution in [1.82, 2.24) is 4.90 Å². The Kier molecular flexibility index (Phi) is 9.02. The van der Waals surface area contributed by atoms with E-state index in [1.807, 2.05) is 95.7 Å². The largest absolute Gasteiger partial charge is 0.487 e. The van der Waals surface area contributed by atoms with Crippen molar-refractivity contribution in [2.45, 2.75) is 19.4 Å². The Balaban J connectivity index is 1.26. The van der Waals surface area contributed by atoms with Gasteiger partial charge >= 0.3 is 5.91 Å². The lowest BCUT2D eigenvalue weighted by Crippen LogP contribution is -2.59. The van der Waals surface area contributed by atoms with E-state index in [2.05, 4.69) is 0 Å². The highest BCUT2D eigenvalue weighted by atomic mass is 32.1. The number of rotatable bonds is 12. The molecule has 0 spiro atoms. The Bertz CT molecular complexity index is 2170. The van der Waals surface area contributed by atoms with E-state index < -0.39 is 11.8 Å². The number of hydrogen-bond acceptors (Lipinski definition) is 8. The fourth-order valence-corrected chi connectivity index (χ4v) is 7.29. The third-order valence-corrected chi connectivity index (χ3v) is 10.0. The monoisotopic (exact) mass is 684 g/mol. The lowest BCUT2D eigenvalue weighted by molar-refractivity contribution is -0.186. The summed E-state index contributed by atoms with van der Waals surface area (Å²) in [6.45, 7) is 1.64. The molecular weight excluding hydrogens is 653 g/mol. The van der Waals surface area contributed by atoms with Crippen LogP contribution in [0.15, 0.2) is 138 Å². The van der Waals surface area contributed by atoms with Gasteiger partial charge in [-0.3, -0.25) is 14.5 Å². The number of nitrogens with two attached hydrogens (primary N) is 1. The molecule has 7 aromatic rings. The molecular formula is C40H32N2O5S2. The van der Waals surface area contributed by atoms with Gasteiger partial charge in [0, 0.05) is 49.0 Å². The molecule has 2 aromatic heterocycles. The van der Waals surface area contributed by atoms with Crippen molar-refractivity contribution in [3.63, 3.8) is 0 Å². The summed E-state index contributed by atoms with van der Waals surface area (Å²) in [5.41, 5.74) is 8.38. The predicted octanol–water partition coefficient (Wildman–Crippen LogP) is 9.43. The molecule has 0 saturated heterocycles. The number of ether oxygens (including phenoxy) is 3. The first-order chi connectivity index (χ1) is 23.9. The second-order valence-electron chi connectivity index (χ2n) is 11.5. The Morgan fingerprint density at radius 3 is 1.82 bits per heavy atom. The molecule has 0 aliphatic rings. The molecule has 0 bridgehead atoms. The van der Waals surface area contributed by atoms with Crippen LogP contribution >= 0.6 is 22.7 Å². The van der Waals surface area contributed by atoms with Crippen LogP contribution in [-0.4, -0.2) is 29.0 Å². The van der Waals surface area contributed by atoms with E-state index in [9.17, 15) is 9.59 Å². The van der Waals surface area contributed by atoms with Gasteiger partial charge in [0.25, 0.3) is 5.91 Å². The molecule has 0 aliphatic carbocycles. The van der Waals surface area contributed by atoms with Crippen molar-refractivity contribution in [2.75, 3.05) is 12.3 Å². The number of nitrogens with zero attached hydrogens (tertiary/aromatic N) is 1. The SMILES string of the molecule is CC(Oc1csc2ccccc12)(Oc1csc2ccccc12)N(CC(=O)c1ccc(OCc2ccccc2)c(N)c1)C(=O)c1ccccc1. The van der Waals surface area contributed by atoms with Crippen molar-refractivity contribution >= 4 is 60.2 Å². The maximum absolute atomic E-state index is 14.5. The Morgan fingerprint density at radius 1 is 0.673 bits per heavy atom. The highest BCUT2D eigenvalue weighted by molar-refractivity contribution is 7.17. The summed E-state index contributed by atoms with van der Waals surface area (Å²) in [4.78, 5) is 29.9. The molecule has 5 aromatic carbocycles. The Hall–Kier alpha value is -5.64. The first kappa shape index (κ1) is 31.9. The van der Waals surface area contributed by atoms with Crippen LogP contribution in [0.5, 0.6) is 17.2 Å². The molecule has 2 heterocycles. The van der Waals surface area contributed by atoms with E-state index in [1.165, 1.54) is 27.6 Å². The van der Waals surface area contributed by atoms with E-state index >= 15 is 0 Å². The van der Waals surface area contributed by atoms with Gasteiger partial charge in [-0.2, -0.15) is 0 Å². The van der Waals surface area contributed by atoms with Crippen LogP contribution in [0.4, 0.5) is 5.69 Å². The predicted molar refractivity (Wildman–Crippen MR) is 197 cm³/mol. The van der Waals surface area contributed by atoms with Crippen LogP contribution in [-0.2, 0) is 6.61 Å². The maximum Gasteiger partial charge on any atom is 0.338 e. The van der Waals surface area contributed by atoms with Gasteiger partial charge in [-0.15, -0.1) is 22.7 Å². The molecule has 7 nitrogen and oxygen atoms in total. The zero-order valence-electron chi connectivity index (χ0n) is 26.6. The third kappa shape index (κ3) is 6.85. The van der Waals surface area contributed by atoms with Crippen LogP contribution in [0.3, 0.4) is 0 Å². The normalized spacial score (nSPS) is 11.4. The van der Waals surface area contributed by atoms with Crippen LogP contribution in [0, 0.1) is 0 Å². The molecule has 2 N–H and O–H groups in total. The average molecular weight is 685 g/mol. The number of amides is 1. The summed E-state index contributed by atoms with van der Waals surface area (Å²) in [6, 6.07) is 39.2. The van der Waals surface area contributed by atoms with Crippen molar-refractivity contribution in [3.8, 4) is 17.2 Å². The second kappa shape index (κ2) is 13.8. The van der Waals surface area contributed by atoms with Gasteiger partial charge in [-0.25, -0.2) is 0 Å². The minimum absolute atomic E-state index is 0.312. The number of nitrogen functional groups attached to an aromatic ring is 1.